The minimum absolute atomic E-state index is 0.979. The van der Waals surface area contributed by atoms with Crippen molar-refractivity contribution in [2.75, 3.05) is 0 Å². The van der Waals surface area contributed by atoms with E-state index in [2.05, 4.69) is 15.9 Å². The Morgan fingerprint density at radius 1 is 1.10 bits per heavy atom. The summed E-state index contributed by atoms with van der Waals surface area (Å²) in [5.41, 5.74) is 1.14. The van der Waals surface area contributed by atoms with Gasteiger partial charge < -0.3 is 4.74 Å². The van der Waals surface area contributed by atoms with Gasteiger partial charge in [-0.2, -0.15) is 0 Å². The topological polar surface area (TPSA) is 12.5 Å². The SMILES string of the molecule is Brc1ccc(C2=CO2)cc1. The Bertz CT molecular complexity index is 274. The number of halogens is 1. The average Bonchev–Trinajstić information content (AvgIpc) is 2.71. The maximum atomic E-state index is 4.91. The molecule has 0 amide bonds. The van der Waals surface area contributed by atoms with Gasteiger partial charge in [-0.15, -0.1) is 0 Å². The smallest absolute Gasteiger partial charge is 0.168 e. The largest absolute Gasteiger partial charge is 0.457 e. The van der Waals surface area contributed by atoms with Crippen molar-refractivity contribution >= 4 is 21.7 Å². The highest BCUT2D eigenvalue weighted by molar-refractivity contribution is 9.10. The van der Waals surface area contributed by atoms with Crippen molar-refractivity contribution in [3.8, 4) is 0 Å². The maximum absolute atomic E-state index is 4.91. The third-order valence-corrected chi connectivity index (χ3v) is 1.89. The van der Waals surface area contributed by atoms with Gasteiger partial charge in [0, 0.05) is 10.0 Å². The first-order valence-electron chi connectivity index (χ1n) is 2.99. The van der Waals surface area contributed by atoms with E-state index in [1.54, 1.807) is 6.26 Å². The monoisotopic (exact) mass is 196 g/mol. The summed E-state index contributed by atoms with van der Waals surface area (Å²) >= 11 is 3.35. The van der Waals surface area contributed by atoms with E-state index >= 15 is 0 Å². The Hall–Kier alpha value is -0.760. The highest BCUT2D eigenvalue weighted by Gasteiger charge is 2.11. The lowest BCUT2D eigenvalue weighted by atomic mass is 10.2. The number of benzene rings is 1. The Balaban J connectivity index is 2.37. The summed E-state index contributed by atoms with van der Waals surface area (Å²) in [6.07, 6.45) is 1.74. The lowest BCUT2D eigenvalue weighted by Crippen LogP contribution is -1.71. The van der Waals surface area contributed by atoms with Crippen molar-refractivity contribution < 1.29 is 4.74 Å². The molecule has 1 aromatic rings. The van der Waals surface area contributed by atoms with Gasteiger partial charge in [-0.3, -0.25) is 0 Å². The number of hydrogen-bond acceptors (Lipinski definition) is 1. The minimum Gasteiger partial charge on any atom is -0.457 e. The molecule has 0 spiro atoms. The Morgan fingerprint density at radius 2 is 1.70 bits per heavy atom. The fourth-order valence-electron chi connectivity index (χ4n) is 0.780. The van der Waals surface area contributed by atoms with Gasteiger partial charge in [0.05, 0.1) is 0 Å². The average molecular weight is 197 g/mol. The van der Waals surface area contributed by atoms with Crippen LogP contribution in [0.3, 0.4) is 0 Å². The van der Waals surface area contributed by atoms with Crippen LogP contribution in [0.4, 0.5) is 0 Å². The molecule has 0 unspecified atom stereocenters. The highest BCUT2D eigenvalue weighted by atomic mass is 79.9. The standard InChI is InChI=1S/C8H5BrO/c9-7-3-1-6(2-4-7)8-5-10-8/h1-5H. The Kier molecular flexibility index (Phi) is 1.27. The van der Waals surface area contributed by atoms with Crippen LogP contribution < -0.4 is 0 Å². The van der Waals surface area contributed by atoms with Crippen molar-refractivity contribution in [1.29, 1.82) is 0 Å². The lowest BCUT2D eigenvalue weighted by molar-refractivity contribution is 0.563. The van der Waals surface area contributed by atoms with Gasteiger partial charge in [-0.25, -0.2) is 0 Å². The first kappa shape index (κ1) is 5.98. The molecule has 0 radical (unpaired) electrons. The first-order chi connectivity index (χ1) is 4.86. The van der Waals surface area contributed by atoms with Gasteiger partial charge >= 0.3 is 0 Å². The molecule has 1 nitrogen and oxygen atoms in total. The van der Waals surface area contributed by atoms with E-state index < -0.39 is 0 Å². The van der Waals surface area contributed by atoms with Gasteiger partial charge in [0.1, 0.15) is 6.26 Å². The van der Waals surface area contributed by atoms with Crippen LogP contribution in [0.25, 0.3) is 5.76 Å². The molecular weight excluding hydrogens is 192 g/mol. The van der Waals surface area contributed by atoms with Crippen molar-refractivity contribution in [2.24, 2.45) is 0 Å². The first-order valence-corrected chi connectivity index (χ1v) is 3.78. The number of rotatable bonds is 1. The fraction of sp³-hybridized carbons (Fsp3) is 0. The third-order valence-electron chi connectivity index (χ3n) is 1.36. The minimum atomic E-state index is 0.979. The predicted molar refractivity (Wildman–Crippen MR) is 43.2 cm³/mol. The number of ether oxygens (including phenoxy) is 1. The summed E-state index contributed by atoms with van der Waals surface area (Å²) in [5.74, 6) is 0.979. The zero-order chi connectivity index (χ0) is 6.97. The molecule has 0 aliphatic carbocycles. The summed E-state index contributed by atoms with van der Waals surface area (Å²) in [4.78, 5) is 0. The summed E-state index contributed by atoms with van der Waals surface area (Å²) in [7, 11) is 0. The van der Waals surface area contributed by atoms with Gasteiger partial charge in [-0.05, 0) is 24.3 Å². The lowest BCUT2D eigenvalue weighted by Gasteiger charge is -1.90. The summed E-state index contributed by atoms with van der Waals surface area (Å²) in [6.45, 7) is 0. The Morgan fingerprint density at radius 3 is 2.20 bits per heavy atom. The molecule has 10 heavy (non-hydrogen) atoms. The maximum Gasteiger partial charge on any atom is 0.168 e. The molecule has 0 saturated carbocycles. The van der Waals surface area contributed by atoms with E-state index in [4.69, 9.17) is 4.74 Å². The molecule has 0 bridgehead atoms. The fourth-order valence-corrected chi connectivity index (χ4v) is 1.04. The molecule has 0 saturated heterocycles. The van der Waals surface area contributed by atoms with Crippen LogP contribution in [0, 0.1) is 0 Å². The van der Waals surface area contributed by atoms with Gasteiger partial charge in [0.2, 0.25) is 0 Å². The summed E-state index contributed by atoms with van der Waals surface area (Å²) in [5, 5.41) is 0. The second-order valence-corrected chi connectivity index (χ2v) is 3.02. The van der Waals surface area contributed by atoms with Crippen molar-refractivity contribution in [1.82, 2.24) is 0 Å². The van der Waals surface area contributed by atoms with Crippen LogP contribution in [-0.4, -0.2) is 0 Å². The molecule has 1 aliphatic heterocycles. The van der Waals surface area contributed by atoms with Crippen molar-refractivity contribution in [3.63, 3.8) is 0 Å². The quantitative estimate of drug-likeness (QED) is 0.674. The second kappa shape index (κ2) is 2.13. The van der Waals surface area contributed by atoms with E-state index in [0.717, 1.165) is 15.8 Å². The van der Waals surface area contributed by atoms with E-state index in [9.17, 15) is 0 Å². The Labute approximate surface area is 67.4 Å². The normalized spacial score (nSPS) is 13.9. The van der Waals surface area contributed by atoms with Gasteiger partial charge in [0.15, 0.2) is 5.76 Å². The van der Waals surface area contributed by atoms with Crippen LogP contribution in [0.5, 0.6) is 0 Å². The molecule has 2 heteroatoms. The van der Waals surface area contributed by atoms with Crippen LogP contribution >= 0.6 is 15.9 Å². The number of hydrogen-bond donors (Lipinski definition) is 0. The molecule has 2 rings (SSSR count). The van der Waals surface area contributed by atoms with E-state index in [0.29, 0.717) is 0 Å². The predicted octanol–water partition coefficient (Wildman–Crippen LogP) is 2.78. The van der Waals surface area contributed by atoms with Crippen LogP contribution in [0.1, 0.15) is 5.56 Å². The van der Waals surface area contributed by atoms with Gasteiger partial charge in [0.25, 0.3) is 0 Å². The molecule has 0 N–H and O–H groups in total. The van der Waals surface area contributed by atoms with E-state index in [1.165, 1.54) is 0 Å². The zero-order valence-electron chi connectivity index (χ0n) is 5.17. The van der Waals surface area contributed by atoms with Crippen molar-refractivity contribution in [3.05, 3.63) is 40.6 Å². The summed E-state index contributed by atoms with van der Waals surface area (Å²) in [6, 6.07) is 8.03. The molecule has 0 aromatic heterocycles. The molecule has 0 fully saturated rings. The third kappa shape index (κ3) is 1.07. The van der Waals surface area contributed by atoms with Crippen LogP contribution in [-0.2, 0) is 4.74 Å². The molecular formula is C8H5BrO. The summed E-state index contributed by atoms with van der Waals surface area (Å²) < 4.78 is 6.01. The van der Waals surface area contributed by atoms with Crippen LogP contribution in [0.15, 0.2) is 35.0 Å². The van der Waals surface area contributed by atoms with E-state index in [1.807, 2.05) is 24.3 Å². The highest BCUT2D eigenvalue weighted by Crippen LogP contribution is 2.27. The second-order valence-electron chi connectivity index (χ2n) is 2.11. The zero-order valence-corrected chi connectivity index (χ0v) is 6.76. The van der Waals surface area contributed by atoms with Crippen molar-refractivity contribution in [2.45, 2.75) is 0 Å². The van der Waals surface area contributed by atoms with E-state index in [-0.39, 0.29) is 0 Å². The molecule has 1 aliphatic rings. The van der Waals surface area contributed by atoms with Gasteiger partial charge in [-0.1, -0.05) is 15.9 Å². The molecule has 0 atom stereocenters. The molecule has 1 heterocycles. The molecule has 1 aromatic carbocycles. The molecule has 50 valence electrons. The van der Waals surface area contributed by atoms with Crippen LogP contribution in [0.2, 0.25) is 0 Å².